The predicted octanol–water partition coefficient (Wildman–Crippen LogP) is 3.73. The number of hydrogen-bond acceptors (Lipinski definition) is 8. The van der Waals surface area contributed by atoms with E-state index in [4.69, 9.17) is 9.26 Å². The average Bonchev–Trinajstić information content (AvgIpc) is 3.43. The molecule has 0 unspecified atom stereocenters. The van der Waals surface area contributed by atoms with Gasteiger partial charge in [0, 0.05) is 59.9 Å². The Hall–Kier alpha value is -3.04. The van der Waals surface area contributed by atoms with Crippen molar-refractivity contribution in [1.29, 1.82) is 0 Å². The molecule has 4 rings (SSSR count). The van der Waals surface area contributed by atoms with Crippen molar-refractivity contribution in [1.82, 2.24) is 19.9 Å². The van der Waals surface area contributed by atoms with E-state index in [1.165, 1.54) is 0 Å². The summed E-state index contributed by atoms with van der Waals surface area (Å²) in [7, 11) is 1.63. The fourth-order valence-electron chi connectivity index (χ4n) is 3.94. The number of nitrogens with zero attached hydrogens (tertiary/aromatic N) is 4. The summed E-state index contributed by atoms with van der Waals surface area (Å²) in [5, 5.41) is 4.07. The Morgan fingerprint density at radius 3 is 2.45 bits per heavy atom. The molecular formula is C24H28N4O4S. The average molecular weight is 469 g/mol. The van der Waals surface area contributed by atoms with Crippen LogP contribution in [0, 0.1) is 13.8 Å². The summed E-state index contributed by atoms with van der Waals surface area (Å²) in [5.41, 5.74) is 1.62. The molecule has 8 nitrogen and oxygen atoms in total. The number of carbonyl (C=O) groups excluding carboxylic acids is 2. The van der Waals surface area contributed by atoms with Crippen LogP contribution in [0.25, 0.3) is 11.4 Å². The molecule has 2 aromatic heterocycles. The molecule has 3 aromatic rings. The van der Waals surface area contributed by atoms with E-state index in [2.05, 4.69) is 15.0 Å². The third kappa shape index (κ3) is 5.66. The number of ketones is 1. The first-order chi connectivity index (χ1) is 15.9. The number of ether oxygens (including phenoxy) is 1. The first kappa shape index (κ1) is 23.1. The van der Waals surface area contributed by atoms with Gasteiger partial charge in [0.25, 0.3) is 0 Å². The summed E-state index contributed by atoms with van der Waals surface area (Å²) in [6, 6.07) is 9.42. The van der Waals surface area contributed by atoms with E-state index in [1.54, 1.807) is 18.4 Å². The second-order valence-electron chi connectivity index (χ2n) is 8.15. The van der Waals surface area contributed by atoms with Crippen molar-refractivity contribution in [2.75, 3.05) is 33.3 Å². The Labute approximate surface area is 197 Å². The van der Waals surface area contributed by atoms with E-state index in [9.17, 15) is 9.59 Å². The minimum Gasteiger partial charge on any atom is -0.497 e. The van der Waals surface area contributed by atoms with Crippen LogP contribution >= 0.6 is 11.3 Å². The van der Waals surface area contributed by atoms with Gasteiger partial charge in [0.1, 0.15) is 5.75 Å². The molecule has 1 aromatic carbocycles. The Morgan fingerprint density at radius 1 is 1.09 bits per heavy atom. The van der Waals surface area contributed by atoms with Crippen LogP contribution in [0.1, 0.15) is 38.8 Å². The Kier molecular flexibility index (Phi) is 7.20. The number of carbonyl (C=O) groups is 2. The maximum atomic E-state index is 12.6. The zero-order chi connectivity index (χ0) is 23.4. The molecule has 0 bridgehead atoms. The van der Waals surface area contributed by atoms with Crippen LogP contribution in [0.15, 0.2) is 34.9 Å². The van der Waals surface area contributed by atoms with Gasteiger partial charge >= 0.3 is 0 Å². The molecule has 0 N–H and O–H groups in total. The number of thiophene rings is 1. The molecule has 0 atom stereocenters. The summed E-state index contributed by atoms with van der Waals surface area (Å²) < 4.78 is 10.6. The largest absolute Gasteiger partial charge is 0.497 e. The lowest BCUT2D eigenvalue weighted by Gasteiger charge is -2.34. The van der Waals surface area contributed by atoms with Crippen LogP contribution in [0.2, 0.25) is 0 Å². The van der Waals surface area contributed by atoms with Crippen molar-refractivity contribution in [3.63, 3.8) is 0 Å². The lowest BCUT2D eigenvalue weighted by Crippen LogP contribution is -2.48. The summed E-state index contributed by atoms with van der Waals surface area (Å²) in [4.78, 5) is 35.7. The number of benzene rings is 1. The minimum atomic E-state index is 0.0344. The molecule has 0 aliphatic carbocycles. The van der Waals surface area contributed by atoms with Crippen LogP contribution in [-0.4, -0.2) is 64.9 Å². The van der Waals surface area contributed by atoms with Crippen LogP contribution < -0.4 is 4.74 Å². The number of piperazine rings is 1. The molecule has 1 aliphatic heterocycles. The zero-order valence-corrected chi connectivity index (χ0v) is 20.0. The van der Waals surface area contributed by atoms with E-state index in [1.807, 2.05) is 49.1 Å². The standard InChI is InChI=1S/C24H28N4O4S/c1-16-14-20(17(2)33-16)21(29)8-9-23(30)28-12-10-27(11-13-28)15-22-25-24(26-32-22)18-4-6-19(31-3)7-5-18/h4-7,14H,8-13,15H2,1-3H3. The smallest absolute Gasteiger partial charge is 0.241 e. The van der Waals surface area contributed by atoms with Gasteiger partial charge in [0.05, 0.1) is 13.7 Å². The van der Waals surface area contributed by atoms with Gasteiger partial charge in [-0.25, -0.2) is 0 Å². The van der Waals surface area contributed by atoms with Crippen LogP contribution in [0.4, 0.5) is 0 Å². The van der Waals surface area contributed by atoms with E-state index in [0.717, 1.165) is 39.7 Å². The van der Waals surface area contributed by atoms with Gasteiger partial charge in [0.15, 0.2) is 5.78 Å². The summed E-state index contributed by atoms with van der Waals surface area (Å²) in [6.45, 7) is 7.20. The molecule has 9 heteroatoms. The van der Waals surface area contributed by atoms with Crippen LogP contribution in [0.5, 0.6) is 5.75 Å². The first-order valence-electron chi connectivity index (χ1n) is 11.0. The maximum Gasteiger partial charge on any atom is 0.241 e. The number of Topliss-reactive ketones (excluding diaryl/α,β-unsaturated/α-hetero) is 1. The molecule has 1 fully saturated rings. The topological polar surface area (TPSA) is 88.8 Å². The second-order valence-corrected chi connectivity index (χ2v) is 9.61. The molecule has 0 saturated carbocycles. The molecule has 1 amide bonds. The van der Waals surface area contributed by atoms with Gasteiger partial charge in [-0.15, -0.1) is 11.3 Å². The third-order valence-corrected chi connectivity index (χ3v) is 6.77. The Bertz CT molecular complexity index is 1110. The van der Waals surface area contributed by atoms with E-state index < -0.39 is 0 Å². The number of hydrogen-bond donors (Lipinski definition) is 0. The van der Waals surface area contributed by atoms with E-state index in [0.29, 0.717) is 31.3 Å². The number of rotatable bonds is 8. The highest BCUT2D eigenvalue weighted by Gasteiger charge is 2.23. The van der Waals surface area contributed by atoms with Crippen molar-refractivity contribution >= 4 is 23.0 Å². The summed E-state index contributed by atoms with van der Waals surface area (Å²) >= 11 is 1.62. The van der Waals surface area contributed by atoms with Gasteiger partial charge < -0.3 is 14.2 Å². The lowest BCUT2D eigenvalue weighted by molar-refractivity contribution is -0.133. The zero-order valence-electron chi connectivity index (χ0n) is 19.2. The minimum absolute atomic E-state index is 0.0344. The molecule has 1 aliphatic rings. The Balaban J connectivity index is 1.23. The molecule has 0 radical (unpaired) electrons. The highest BCUT2D eigenvalue weighted by molar-refractivity contribution is 7.12. The van der Waals surface area contributed by atoms with Gasteiger partial charge in [-0.05, 0) is 44.2 Å². The summed E-state index contributed by atoms with van der Waals surface area (Å²) in [6.07, 6.45) is 0.508. The summed E-state index contributed by atoms with van der Waals surface area (Å²) in [5.74, 6) is 1.95. The van der Waals surface area contributed by atoms with Crippen molar-refractivity contribution in [3.8, 4) is 17.1 Å². The van der Waals surface area contributed by atoms with Crippen molar-refractivity contribution < 1.29 is 18.8 Å². The second kappa shape index (κ2) is 10.3. The fourth-order valence-corrected chi connectivity index (χ4v) is 4.89. The number of amides is 1. The maximum absolute atomic E-state index is 12.6. The number of methoxy groups -OCH3 is 1. The van der Waals surface area contributed by atoms with Gasteiger partial charge in [-0.2, -0.15) is 4.98 Å². The third-order valence-electron chi connectivity index (χ3n) is 5.81. The van der Waals surface area contributed by atoms with Crippen molar-refractivity contribution in [2.45, 2.75) is 33.2 Å². The van der Waals surface area contributed by atoms with Crippen molar-refractivity contribution in [2.24, 2.45) is 0 Å². The quantitative estimate of drug-likeness (QED) is 0.466. The predicted molar refractivity (Wildman–Crippen MR) is 126 cm³/mol. The SMILES string of the molecule is COc1ccc(-c2noc(CN3CCN(C(=O)CCC(=O)c4cc(C)sc4C)CC3)n2)cc1. The van der Waals surface area contributed by atoms with Gasteiger partial charge in [-0.3, -0.25) is 14.5 Å². The van der Waals surface area contributed by atoms with Crippen molar-refractivity contribution in [3.05, 3.63) is 51.5 Å². The molecule has 1 saturated heterocycles. The molecule has 0 spiro atoms. The number of aromatic nitrogens is 2. The molecule has 174 valence electrons. The van der Waals surface area contributed by atoms with Gasteiger partial charge in [-0.1, -0.05) is 5.16 Å². The molecule has 3 heterocycles. The number of aryl methyl sites for hydroxylation is 2. The molecule has 33 heavy (non-hydrogen) atoms. The van der Waals surface area contributed by atoms with E-state index >= 15 is 0 Å². The highest BCUT2D eigenvalue weighted by Crippen LogP contribution is 2.23. The monoisotopic (exact) mass is 468 g/mol. The molecular weight excluding hydrogens is 440 g/mol. The normalized spacial score (nSPS) is 14.5. The fraction of sp³-hybridized carbons (Fsp3) is 0.417. The van der Waals surface area contributed by atoms with Crippen LogP contribution in [-0.2, 0) is 11.3 Å². The first-order valence-corrected chi connectivity index (χ1v) is 11.8. The van der Waals surface area contributed by atoms with Gasteiger partial charge in [0.2, 0.25) is 17.6 Å². The Morgan fingerprint density at radius 2 is 1.82 bits per heavy atom. The van der Waals surface area contributed by atoms with Crippen LogP contribution in [0.3, 0.4) is 0 Å². The highest BCUT2D eigenvalue weighted by atomic mass is 32.1. The van der Waals surface area contributed by atoms with E-state index in [-0.39, 0.29) is 24.5 Å². The lowest BCUT2D eigenvalue weighted by atomic mass is 10.1.